The molecule has 0 amide bonds. The van der Waals surface area contributed by atoms with Crippen molar-refractivity contribution in [1.82, 2.24) is 10.3 Å². The third-order valence-electron chi connectivity index (χ3n) is 2.69. The van der Waals surface area contributed by atoms with Gasteiger partial charge in [0, 0.05) is 10.7 Å². The molecule has 3 nitrogen and oxygen atoms in total. The molecule has 0 aliphatic heterocycles. The van der Waals surface area contributed by atoms with Gasteiger partial charge in [-0.15, -0.1) is 0 Å². The highest BCUT2D eigenvalue weighted by atomic mass is 79.9. The molecule has 0 radical (unpaired) electrons. The maximum absolute atomic E-state index is 5.31. The first-order chi connectivity index (χ1) is 9.56. The minimum absolute atomic E-state index is 0.130. The normalized spacial score (nSPS) is 11.8. The van der Waals surface area contributed by atoms with Crippen LogP contribution in [0.5, 0.6) is 0 Å². The quantitative estimate of drug-likeness (QED) is 0.716. The molecule has 6 heteroatoms. The summed E-state index contributed by atoms with van der Waals surface area (Å²) in [6, 6.07) is 12.2. The van der Waals surface area contributed by atoms with E-state index in [9.17, 15) is 0 Å². The van der Waals surface area contributed by atoms with Gasteiger partial charge in [0.1, 0.15) is 5.82 Å². The zero-order valence-electron chi connectivity index (χ0n) is 10.7. The third-order valence-corrected chi connectivity index (χ3v) is 3.94. The lowest BCUT2D eigenvalue weighted by Crippen LogP contribution is -2.31. The maximum Gasteiger partial charge on any atom is 0.172 e. The summed E-state index contributed by atoms with van der Waals surface area (Å²) in [5.74, 6) is 0.686. The second kappa shape index (κ2) is 7.15. The van der Waals surface area contributed by atoms with Crippen LogP contribution in [0.1, 0.15) is 18.5 Å². The van der Waals surface area contributed by atoms with Crippen LogP contribution in [0.2, 0.25) is 0 Å². The van der Waals surface area contributed by atoms with Gasteiger partial charge in [0.2, 0.25) is 0 Å². The van der Waals surface area contributed by atoms with E-state index in [1.807, 2.05) is 24.3 Å². The second-order valence-electron chi connectivity index (χ2n) is 4.21. The van der Waals surface area contributed by atoms with Gasteiger partial charge in [-0.2, -0.15) is 0 Å². The van der Waals surface area contributed by atoms with Crippen LogP contribution in [0.3, 0.4) is 0 Å². The van der Waals surface area contributed by atoms with Crippen LogP contribution in [-0.4, -0.2) is 10.1 Å². The minimum atomic E-state index is 0.130. The molecule has 1 heterocycles. The molecular formula is C14H13Br2N3S. The molecule has 0 aliphatic carbocycles. The van der Waals surface area contributed by atoms with Crippen LogP contribution in [0.15, 0.2) is 51.5 Å². The zero-order chi connectivity index (χ0) is 14.5. The molecule has 1 aromatic carbocycles. The molecule has 0 saturated carbocycles. The molecule has 0 aliphatic rings. The van der Waals surface area contributed by atoms with Gasteiger partial charge >= 0.3 is 0 Å². The van der Waals surface area contributed by atoms with Crippen molar-refractivity contribution in [3.63, 3.8) is 0 Å². The molecule has 1 atom stereocenters. The first-order valence-corrected chi connectivity index (χ1v) is 7.99. The second-order valence-corrected chi connectivity index (χ2v) is 6.39. The molecule has 2 N–H and O–H groups in total. The Morgan fingerprint density at radius 2 is 1.95 bits per heavy atom. The van der Waals surface area contributed by atoms with Gasteiger partial charge < -0.3 is 10.6 Å². The van der Waals surface area contributed by atoms with Crippen LogP contribution in [0, 0.1) is 0 Å². The van der Waals surface area contributed by atoms with Crippen molar-refractivity contribution in [2.24, 2.45) is 0 Å². The summed E-state index contributed by atoms with van der Waals surface area (Å²) < 4.78 is 1.76. The number of hydrogen-bond donors (Lipinski definition) is 2. The molecule has 0 bridgehead atoms. The first kappa shape index (κ1) is 15.4. The van der Waals surface area contributed by atoms with Crippen molar-refractivity contribution in [1.29, 1.82) is 0 Å². The Hall–Kier alpha value is -0.980. The van der Waals surface area contributed by atoms with Gasteiger partial charge in [-0.05, 0) is 62.6 Å². The fraction of sp³-hybridized carbons (Fsp3) is 0.143. The smallest absolute Gasteiger partial charge is 0.172 e. The predicted octanol–water partition coefficient (Wildman–Crippen LogP) is 4.65. The van der Waals surface area contributed by atoms with E-state index in [0.717, 1.165) is 8.95 Å². The van der Waals surface area contributed by atoms with Crippen molar-refractivity contribution in [2.75, 3.05) is 5.32 Å². The molecule has 1 aromatic heterocycles. The number of benzene rings is 1. The van der Waals surface area contributed by atoms with Gasteiger partial charge in [-0.3, -0.25) is 0 Å². The van der Waals surface area contributed by atoms with E-state index in [4.69, 9.17) is 12.2 Å². The molecule has 2 aromatic rings. The summed E-state index contributed by atoms with van der Waals surface area (Å²) in [5, 5.41) is 6.85. The molecule has 0 saturated heterocycles. The van der Waals surface area contributed by atoms with E-state index in [0.29, 0.717) is 10.9 Å². The molecular weight excluding hydrogens is 402 g/mol. The summed E-state index contributed by atoms with van der Waals surface area (Å²) in [6.07, 6.45) is 1.72. The number of anilines is 1. The number of nitrogens with zero attached hydrogens (tertiary/aromatic N) is 1. The van der Waals surface area contributed by atoms with E-state index in [1.54, 1.807) is 6.20 Å². The topological polar surface area (TPSA) is 37.0 Å². The van der Waals surface area contributed by atoms with Gasteiger partial charge in [0.15, 0.2) is 5.11 Å². The van der Waals surface area contributed by atoms with Gasteiger partial charge in [0.05, 0.1) is 10.5 Å². The number of pyridine rings is 1. The monoisotopic (exact) mass is 413 g/mol. The Morgan fingerprint density at radius 1 is 1.25 bits per heavy atom. The third kappa shape index (κ3) is 4.26. The van der Waals surface area contributed by atoms with E-state index in [2.05, 4.69) is 66.5 Å². The van der Waals surface area contributed by atoms with Crippen molar-refractivity contribution < 1.29 is 0 Å². The molecule has 104 valence electrons. The summed E-state index contributed by atoms with van der Waals surface area (Å²) in [7, 11) is 0. The number of rotatable bonds is 3. The van der Waals surface area contributed by atoms with Crippen molar-refractivity contribution >= 4 is 55.0 Å². The minimum Gasteiger partial charge on any atom is -0.356 e. The van der Waals surface area contributed by atoms with Crippen molar-refractivity contribution in [3.8, 4) is 0 Å². The van der Waals surface area contributed by atoms with E-state index < -0.39 is 0 Å². The van der Waals surface area contributed by atoms with E-state index >= 15 is 0 Å². The number of aromatic nitrogens is 1. The summed E-state index contributed by atoms with van der Waals surface area (Å²) in [6.45, 7) is 2.06. The zero-order valence-corrected chi connectivity index (χ0v) is 14.7. The molecule has 2 rings (SSSR count). The molecule has 0 spiro atoms. The number of halogens is 2. The number of thiocarbonyl (C=S) groups is 1. The molecule has 0 fully saturated rings. The Bertz CT molecular complexity index is 605. The van der Waals surface area contributed by atoms with Crippen LogP contribution in [0.25, 0.3) is 0 Å². The lowest BCUT2D eigenvalue weighted by atomic mass is 10.1. The van der Waals surface area contributed by atoms with Crippen LogP contribution in [-0.2, 0) is 0 Å². The Balaban J connectivity index is 1.99. The first-order valence-electron chi connectivity index (χ1n) is 6.00. The van der Waals surface area contributed by atoms with Gasteiger partial charge in [0.25, 0.3) is 0 Å². The predicted molar refractivity (Wildman–Crippen MR) is 93.9 cm³/mol. The Labute approximate surface area is 140 Å². The molecule has 1 unspecified atom stereocenters. The van der Waals surface area contributed by atoms with E-state index in [-0.39, 0.29) is 6.04 Å². The number of hydrogen-bond acceptors (Lipinski definition) is 2. The average Bonchev–Trinajstić information content (AvgIpc) is 2.43. The molecule has 20 heavy (non-hydrogen) atoms. The standard InChI is InChI=1S/C14H13Br2N3S/c1-9(10-5-3-2-4-6-10)18-14(20)19-13-12(16)7-11(15)8-17-13/h2-9H,1H3,(H2,17,18,19,20). The SMILES string of the molecule is CC(NC(=S)Nc1ncc(Br)cc1Br)c1ccccc1. The van der Waals surface area contributed by atoms with Crippen molar-refractivity contribution in [3.05, 3.63) is 57.1 Å². The van der Waals surface area contributed by atoms with Crippen molar-refractivity contribution in [2.45, 2.75) is 13.0 Å². The Morgan fingerprint density at radius 3 is 2.60 bits per heavy atom. The maximum atomic E-state index is 5.31. The highest BCUT2D eigenvalue weighted by molar-refractivity contribution is 9.11. The van der Waals surface area contributed by atoms with Crippen LogP contribution < -0.4 is 10.6 Å². The average molecular weight is 415 g/mol. The Kier molecular flexibility index (Phi) is 5.51. The lowest BCUT2D eigenvalue weighted by Gasteiger charge is -2.17. The van der Waals surface area contributed by atoms with E-state index in [1.165, 1.54) is 5.56 Å². The van der Waals surface area contributed by atoms with Crippen LogP contribution in [0.4, 0.5) is 5.82 Å². The lowest BCUT2D eigenvalue weighted by molar-refractivity contribution is 0.722. The fourth-order valence-corrected chi connectivity index (χ4v) is 3.03. The highest BCUT2D eigenvalue weighted by Gasteiger charge is 2.08. The summed E-state index contributed by atoms with van der Waals surface area (Å²) >= 11 is 12.1. The fourth-order valence-electron chi connectivity index (χ4n) is 1.67. The summed E-state index contributed by atoms with van der Waals surface area (Å²) in [4.78, 5) is 4.27. The number of nitrogens with one attached hydrogen (secondary N) is 2. The van der Waals surface area contributed by atoms with Gasteiger partial charge in [-0.25, -0.2) is 4.98 Å². The van der Waals surface area contributed by atoms with Crippen LogP contribution >= 0.6 is 44.1 Å². The highest BCUT2D eigenvalue weighted by Crippen LogP contribution is 2.23. The summed E-state index contributed by atoms with van der Waals surface area (Å²) in [5.41, 5.74) is 1.18. The largest absolute Gasteiger partial charge is 0.356 e. The van der Waals surface area contributed by atoms with Gasteiger partial charge in [-0.1, -0.05) is 30.3 Å².